The molecule has 1 rings (SSSR count). The van der Waals surface area contributed by atoms with Gasteiger partial charge in [-0.25, -0.2) is 0 Å². The molecule has 0 heterocycles. The molecule has 2 atom stereocenters. The van der Waals surface area contributed by atoms with Crippen molar-refractivity contribution in [2.45, 2.75) is 65.6 Å². The maximum Gasteiger partial charge on any atom is 0.256 e. The second-order valence-corrected chi connectivity index (χ2v) is 5.73. The third-order valence-corrected chi connectivity index (χ3v) is 3.69. The van der Waals surface area contributed by atoms with Crippen LogP contribution in [0.1, 0.15) is 53.9 Å². The molecule has 0 aliphatic carbocycles. The van der Waals surface area contributed by atoms with Crippen LogP contribution in [0.2, 0.25) is 0 Å². The molecule has 0 saturated heterocycles. The lowest BCUT2D eigenvalue weighted by Gasteiger charge is -2.27. The molecule has 1 N–H and O–H groups in total. The normalized spacial score (nSPS) is 15.0. The molecule has 4 nitrogen and oxygen atoms in total. The maximum absolute atomic E-state index is 12.5. The van der Waals surface area contributed by atoms with Crippen LogP contribution in [0.25, 0.3) is 0 Å². The fourth-order valence-electron chi connectivity index (χ4n) is 2.24. The minimum atomic E-state index is -0.782. The number of nitrogens with one attached hydrogen (secondary N) is 1. The Morgan fingerprint density at radius 1 is 1.23 bits per heavy atom. The molecule has 1 aromatic rings. The Morgan fingerprint density at radius 2 is 1.86 bits per heavy atom. The van der Waals surface area contributed by atoms with E-state index in [0.717, 1.165) is 24.3 Å². The fraction of sp³-hybridized carbons (Fsp3) is 0.611. The highest BCUT2D eigenvalue weighted by molar-refractivity contribution is 5.97. The van der Waals surface area contributed by atoms with Gasteiger partial charge >= 0.3 is 0 Å². The van der Waals surface area contributed by atoms with Gasteiger partial charge in [-0.05, 0) is 57.9 Å². The maximum atomic E-state index is 12.5. The minimum absolute atomic E-state index is 0.105. The molecule has 0 saturated carbocycles. The molecular weight excluding hydrogens is 278 g/mol. The summed E-state index contributed by atoms with van der Waals surface area (Å²) in [4.78, 5) is 12.5. The predicted octanol–water partition coefficient (Wildman–Crippen LogP) is 4.40. The van der Waals surface area contributed by atoms with Gasteiger partial charge in [0.05, 0.1) is 6.10 Å². The van der Waals surface area contributed by atoms with Crippen LogP contribution in [-0.4, -0.2) is 24.2 Å². The first-order valence-corrected chi connectivity index (χ1v) is 8.17. The van der Waals surface area contributed by atoms with E-state index < -0.39 is 5.60 Å². The van der Waals surface area contributed by atoms with Gasteiger partial charge in [-0.1, -0.05) is 20.3 Å². The molecule has 0 aliphatic heterocycles. The zero-order valence-electron chi connectivity index (χ0n) is 14.4. The number of anilines is 1. The Bertz CT molecular complexity index is 450. The Kier molecular flexibility index (Phi) is 7.39. The van der Waals surface area contributed by atoms with Crippen molar-refractivity contribution >= 4 is 11.6 Å². The van der Waals surface area contributed by atoms with Crippen molar-refractivity contribution in [3.8, 4) is 5.75 Å². The molecule has 1 amide bonds. The summed E-state index contributed by atoms with van der Waals surface area (Å²) in [6.45, 7) is 10.4. The van der Waals surface area contributed by atoms with Gasteiger partial charge in [0, 0.05) is 12.3 Å². The Hall–Kier alpha value is -1.55. The van der Waals surface area contributed by atoms with Crippen LogP contribution in [0.4, 0.5) is 5.69 Å². The summed E-state index contributed by atoms with van der Waals surface area (Å²) in [6, 6.07) is 7.46. The van der Waals surface area contributed by atoms with Gasteiger partial charge in [-0.3, -0.25) is 4.79 Å². The lowest BCUT2D eigenvalue weighted by Crippen LogP contribution is -2.42. The summed E-state index contributed by atoms with van der Waals surface area (Å²) >= 11 is 0. The molecule has 0 spiro atoms. The summed E-state index contributed by atoms with van der Waals surface area (Å²) in [7, 11) is 0. The summed E-state index contributed by atoms with van der Waals surface area (Å²) in [5, 5.41) is 2.93. The fourth-order valence-corrected chi connectivity index (χ4v) is 2.24. The summed E-state index contributed by atoms with van der Waals surface area (Å²) in [5.41, 5.74) is -0.0291. The third kappa shape index (κ3) is 5.34. The van der Waals surface area contributed by atoms with Gasteiger partial charge in [0.15, 0.2) is 0 Å². The molecule has 0 aliphatic rings. The molecule has 22 heavy (non-hydrogen) atoms. The van der Waals surface area contributed by atoms with Crippen molar-refractivity contribution < 1.29 is 14.3 Å². The first kappa shape index (κ1) is 18.5. The molecule has 0 radical (unpaired) electrons. The van der Waals surface area contributed by atoms with Crippen molar-refractivity contribution in [2.75, 3.05) is 11.9 Å². The Balaban J connectivity index is 2.71. The van der Waals surface area contributed by atoms with Crippen LogP contribution in [0.5, 0.6) is 5.75 Å². The van der Waals surface area contributed by atoms with E-state index in [4.69, 9.17) is 9.47 Å². The molecule has 1 aromatic carbocycles. The van der Waals surface area contributed by atoms with Crippen molar-refractivity contribution in [1.82, 2.24) is 0 Å². The van der Waals surface area contributed by atoms with Gasteiger partial charge in [0.2, 0.25) is 0 Å². The molecular formula is C18H29NO3. The van der Waals surface area contributed by atoms with E-state index >= 15 is 0 Å². The molecule has 0 fully saturated rings. The monoisotopic (exact) mass is 307 g/mol. The highest BCUT2D eigenvalue weighted by Gasteiger charge is 2.32. The lowest BCUT2D eigenvalue weighted by molar-refractivity contribution is -0.139. The van der Waals surface area contributed by atoms with Crippen LogP contribution in [0.15, 0.2) is 24.3 Å². The zero-order valence-corrected chi connectivity index (χ0v) is 14.4. The SMILES string of the molecule is CCC[C@](C)(OCC)C(=O)Nc1ccc(O[C@@H](C)CC)cc1. The molecule has 0 bridgehead atoms. The standard InChI is InChI=1S/C18H29NO3/c1-6-13-18(5,21-8-3)17(20)19-15-9-11-16(12-10-15)22-14(4)7-2/h9-12,14H,6-8,13H2,1-5H3,(H,19,20)/t14-,18-/m0/s1. The van der Waals surface area contributed by atoms with Crippen LogP contribution in [-0.2, 0) is 9.53 Å². The van der Waals surface area contributed by atoms with Gasteiger partial charge in [0.1, 0.15) is 11.4 Å². The van der Waals surface area contributed by atoms with E-state index in [0.29, 0.717) is 13.0 Å². The third-order valence-electron chi connectivity index (χ3n) is 3.69. The zero-order chi connectivity index (χ0) is 16.6. The summed E-state index contributed by atoms with van der Waals surface area (Å²) in [6.07, 6.45) is 2.74. The van der Waals surface area contributed by atoms with Crippen LogP contribution < -0.4 is 10.1 Å². The van der Waals surface area contributed by atoms with Gasteiger partial charge in [-0.15, -0.1) is 0 Å². The van der Waals surface area contributed by atoms with Gasteiger partial charge < -0.3 is 14.8 Å². The van der Waals surface area contributed by atoms with Crippen LogP contribution in [0.3, 0.4) is 0 Å². The number of carbonyl (C=O) groups is 1. The van der Waals surface area contributed by atoms with E-state index in [1.807, 2.05) is 52.0 Å². The predicted molar refractivity (Wildman–Crippen MR) is 90.4 cm³/mol. The molecule has 0 unspecified atom stereocenters. The van der Waals surface area contributed by atoms with Crippen molar-refractivity contribution in [3.63, 3.8) is 0 Å². The van der Waals surface area contributed by atoms with E-state index in [1.54, 1.807) is 0 Å². The number of rotatable bonds is 9. The van der Waals surface area contributed by atoms with Crippen LogP contribution >= 0.6 is 0 Å². The topological polar surface area (TPSA) is 47.6 Å². The number of ether oxygens (including phenoxy) is 2. The average molecular weight is 307 g/mol. The van der Waals surface area contributed by atoms with E-state index in [1.165, 1.54) is 0 Å². The minimum Gasteiger partial charge on any atom is -0.491 e. The van der Waals surface area contributed by atoms with E-state index in [2.05, 4.69) is 12.2 Å². The first-order chi connectivity index (χ1) is 10.4. The number of hydrogen-bond acceptors (Lipinski definition) is 3. The average Bonchev–Trinajstić information content (AvgIpc) is 2.49. The number of benzene rings is 1. The first-order valence-electron chi connectivity index (χ1n) is 8.17. The number of carbonyl (C=O) groups excluding carboxylic acids is 1. The van der Waals surface area contributed by atoms with E-state index in [-0.39, 0.29) is 12.0 Å². The summed E-state index contributed by atoms with van der Waals surface area (Å²) < 4.78 is 11.4. The number of hydrogen-bond donors (Lipinski definition) is 1. The van der Waals surface area contributed by atoms with Gasteiger partial charge in [-0.2, -0.15) is 0 Å². The second-order valence-electron chi connectivity index (χ2n) is 5.73. The smallest absolute Gasteiger partial charge is 0.256 e. The van der Waals surface area contributed by atoms with E-state index in [9.17, 15) is 4.79 Å². The molecule has 4 heteroatoms. The largest absolute Gasteiger partial charge is 0.491 e. The lowest BCUT2D eigenvalue weighted by atomic mass is 9.99. The highest BCUT2D eigenvalue weighted by Crippen LogP contribution is 2.22. The van der Waals surface area contributed by atoms with Crippen LogP contribution in [0, 0.1) is 0 Å². The van der Waals surface area contributed by atoms with Crippen molar-refractivity contribution in [2.24, 2.45) is 0 Å². The second kappa shape index (κ2) is 8.79. The quantitative estimate of drug-likeness (QED) is 0.735. The van der Waals surface area contributed by atoms with Crippen molar-refractivity contribution in [1.29, 1.82) is 0 Å². The summed E-state index contributed by atoms with van der Waals surface area (Å²) in [5.74, 6) is 0.709. The van der Waals surface area contributed by atoms with Crippen molar-refractivity contribution in [3.05, 3.63) is 24.3 Å². The molecule has 124 valence electrons. The number of amides is 1. The Labute approximate surface area is 134 Å². The molecule has 0 aromatic heterocycles. The Morgan fingerprint density at radius 3 is 2.36 bits per heavy atom. The highest BCUT2D eigenvalue weighted by atomic mass is 16.5. The van der Waals surface area contributed by atoms with Gasteiger partial charge in [0.25, 0.3) is 5.91 Å².